The van der Waals surface area contributed by atoms with Crippen molar-refractivity contribution < 1.29 is 13.9 Å². The maximum absolute atomic E-state index is 13.6. The van der Waals surface area contributed by atoms with Gasteiger partial charge in [-0.15, -0.1) is 0 Å². The highest BCUT2D eigenvalue weighted by Crippen LogP contribution is 2.28. The Morgan fingerprint density at radius 3 is 2.68 bits per heavy atom. The molecule has 0 N–H and O–H groups in total. The number of rotatable bonds is 5. The average Bonchev–Trinajstić information content (AvgIpc) is 2.65. The minimum atomic E-state index is -0.453. The molecule has 0 atom stereocenters. The highest BCUT2D eigenvalue weighted by atomic mass is 35.5. The molecule has 2 aromatic rings. The Hall–Kier alpha value is -1.75. The van der Waals surface area contributed by atoms with Crippen LogP contribution >= 0.6 is 11.6 Å². The lowest BCUT2D eigenvalue weighted by molar-refractivity contribution is -0.197. The van der Waals surface area contributed by atoms with Gasteiger partial charge in [0.1, 0.15) is 5.82 Å². The molecule has 1 aromatic carbocycles. The first-order valence-electron chi connectivity index (χ1n) is 8.48. The van der Waals surface area contributed by atoms with Crippen LogP contribution < -0.4 is 0 Å². The van der Waals surface area contributed by atoms with Crippen molar-refractivity contribution in [1.29, 1.82) is 0 Å². The first-order chi connectivity index (χ1) is 12.2. The van der Waals surface area contributed by atoms with Gasteiger partial charge in [-0.05, 0) is 24.6 Å². The topological polar surface area (TPSA) is 31.4 Å². The molecule has 1 aliphatic rings. The number of allylic oxidation sites excluding steroid dienone is 1. The van der Waals surface area contributed by atoms with Gasteiger partial charge in [0.05, 0.1) is 23.9 Å². The maximum Gasteiger partial charge on any atom is 0.185 e. The third-order valence-electron chi connectivity index (χ3n) is 4.06. The third kappa shape index (κ3) is 4.66. The molecule has 5 heteroatoms. The fourth-order valence-electron chi connectivity index (χ4n) is 2.65. The summed E-state index contributed by atoms with van der Waals surface area (Å²) in [5.41, 5.74) is 2.21. The van der Waals surface area contributed by atoms with Gasteiger partial charge >= 0.3 is 0 Å². The summed E-state index contributed by atoms with van der Waals surface area (Å²) in [6.07, 6.45) is 7.87. The van der Waals surface area contributed by atoms with E-state index in [9.17, 15) is 4.39 Å². The summed E-state index contributed by atoms with van der Waals surface area (Å²) >= 11 is 5.71. The van der Waals surface area contributed by atoms with Gasteiger partial charge in [-0.2, -0.15) is 0 Å². The molecule has 0 unspecified atom stereocenters. The first kappa shape index (κ1) is 18.1. The highest BCUT2D eigenvalue weighted by Gasteiger charge is 2.22. The first-order valence-corrected chi connectivity index (χ1v) is 8.86. The molecule has 25 heavy (non-hydrogen) atoms. The zero-order valence-corrected chi connectivity index (χ0v) is 14.9. The predicted octanol–water partition coefficient (Wildman–Crippen LogP) is 5.56. The Labute approximate surface area is 152 Å². The molecule has 1 saturated heterocycles. The quantitative estimate of drug-likeness (QED) is 0.653. The van der Waals surface area contributed by atoms with Crippen molar-refractivity contribution in [3.63, 3.8) is 0 Å². The molecule has 3 nitrogen and oxygen atoms in total. The molecular weight excluding hydrogens is 341 g/mol. The van der Waals surface area contributed by atoms with E-state index in [4.69, 9.17) is 21.1 Å². The molecule has 132 valence electrons. The molecule has 2 heterocycles. The van der Waals surface area contributed by atoms with E-state index in [1.165, 1.54) is 12.1 Å². The molecule has 0 spiro atoms. The number of halogens is 2. The van der Waals surface area contributed by atoms with E-state index in [-0.39, 0.29) is 5.02 Å². The van der Waals surface area contributed by atoms with E-state index in [1.54, 1.807) is 12.3 Å². The van der Waals surface area contributed by atoms with Crippen molar-refractivity contribution in [3.05, 3.63) is 65.1 Å². The molecule has 3 rings (SSSR count). The maximum atomic E-state index is 13.6. The average molecular weight is 362 g/mol. The monoisotopic (exact) mass is 361 g/mol. The zero-order valence-electron chi connectivity index (χ0n) is 14.1. The van der Waals surface area contributed by atoms with Crippen molar-refractivity contribution in [1.82, 2.24) is 4.98 Å². The van der Waals surface area contributed by atoms with Crippen LogP contribution in [0.25, 0.3) is 11.3 Å². The predicted molar refractivity (Wildman–Crippen MR) is 96.8 cm³/mol. The Balaban J connectivity index is 1.62. The summed E-state index contributed by atoms with van der Waals surface area (Å²) in [6, 6.07) is 8.38. The molecule has 0 radical (unpaired) electrons. The van der Waals surface area contributed by atoms with Crippen molar-refractivity contribution in [2.45, 2.75) is 26.1 Å². The molecular formula is C20H21ClFNO2. The minimum absolute atomic E-state index is 0.104. The number of nitrogens with zero attached hydrogens (tertiary/aromatic N) is 1. The summed E-state index contributed by atoms with van der Waals surface area (Å²) < 4.78 is 25.2. The zero-order chi connectivity index (χ0) is 17.6. The van der Waals surface area contributed by atoms with Crippen LogP contribution in [0.5, 0.6) is 0 Å². The number of pyridine rings is 1. The van der Waals surface area contributed by atoms with Gasteiger partial charge in [0, 0.05) is 23.2 Å². The molecule has 1 fully saturated rings. The van der Waals surface area contributed by atoms with Crippen LogP contribution in [0.15, 0.2) is 48.7 Å². The Morgan fingerprint density at radius 2 is 2.04 bits per heavy atom. The van der Waals surface area contributed by atoms with E-state index in [0.29, 0.717) is 30.4 Å². The Bertz CT molecular complexity index is 725. The lowest BCUT2D eigenvalue weighted by atomic mass is 10.1. The molecule has 0 saturated carbocycles. The normalized spacial score (nSPS) is 20.9. The number of hydrogen-bond donors (Lipinski definition) is 0. The fraction of sp³-hybridized carbons (Fsp3) is 0.350. The van der Waals surface area contributed by atoms with Gasteiger partial charge in [-0.25, -0.2) is 4.39 Å². The molecule has 0 bridgehead atoms. The minimum Gasteiger partial charge on any atom is -0.348 e. The summed E-state index contributed by atoms with van der Waals surface area (Å²) in [5, 5.41) is 0.104. The van der Waals surface area contributed by atoms with Crippen LogP contribution in [0.2, 0.25) is 5.02 Å². The highest BCUT2D eigenvalue weighted by molar-refractivity contribution is 6.30. The van der Waals surface area contributed by atoms with Gasteiger partial charge in [0.15, 0.2) is 6.29 Å². The largest absolute Gasteiger partial charge is 0.348 e. The number of aromatic nitrogens is 1. The van der Waals surface area contributed by atoms with Crippen LogP contribution in [0, 0.1) is 11.7 Å². The van der Waals surface area contributed by atoms with Crippen LogP contribution in [-0.4, -0.2) is 18.2 Å². The van der Waals surface area contributed by atoms with Gasteiger partial charge in [0.25, 0.3) is 0 Å². The number of unbranched alkanes of at least 4 members (excludes halogenated alkanes) is 1. The van der Waals surface area contributed by atoms with Crippen LogP contribution in [-0.2, 0) is 9.47 Å². The molecule has 1 aromatic heterocycles. The lowest BCUT2D eigenvalue weighted by Gasteiger charge is -2.28. The van der Waals surface area contributed by atoms with Gasteiger partial charge in [0.2, 0.25) is 0 Å². The standard InChI is InChI=1S/C20H21ClFNO2/c1-2-3-4-5-14-12-24-20(25-13-14)16-7-9-19(23-11-16)15-6-8-17(21)18(22)10-15/h4-11,14,20H,2-3,12-13H2,1H3. The fourth-order valence-corrected chi connectivity index (χ4v) is 2.77. The van der Waals surface area contributed by atoms with Crippen LogP contribution in [0.4, 0.5) is 4.39 Å². The van der Waals surface area contributed by atoms with Crippen LogP contribution in [0.1, 0.15) is 31.6 Å². The van der Waals surface area contributed by atoms with E-state index < -0.39 is 12.1 Å². The number of benzene rings is 1. The Morgan fingerprint density at radius 1 is 1.24 bits per heavy atom. The van der Waals surface area contributed by atoms with E-state index in [2.05, 4.69) is 24.1 Å². The summed E-state index contributed by atoms with van der Waals surface area (Å²) in [5.74, 6) is -0.154. The second-order valence-corrected chi connectivity index (χ2v) is 6.49. The molecule has 0 aliphatic carbocycles. The third-order valence-corrected chi connectivity index (χ3v) is 4.37. The lowest BCUT2D eigenvalue weighted by Crippen LogP contribution is -2.25. The molecule has 1 aliphatic heterocycles. The summed E-state index contributed by atoms with van der Waals surface area (Å²) in [6.45, 7) is 3.42. The van der Waals surface area contributed by atoms with E-state index in [1.807, 2.05) is 12.1 Å². The van der Waals surface area contributed by atoms with Gasteiger partial charge in [-0.3, -0.25) is 4.98 Å². The van der Waals surface area contributed by atoms with Gasteiger partial charge < -0.3 is 9.47 Å². The Kier molecular flexibility index (Phi) is 6.19. The second kappa shape index (κ2) is 8.56. The van der Waals surface area contributed by atoms with Crippen LogP contribution in [0.3, 0.4) is 0 Å². The van der Waals surface area contributed by atoms with E-state index >= 15 is 0 Å². The summed E-state index contributed by atoms with van der Waals surface area (Å²) in [7, 11) is 0. The van der Waals surface area contributed by atoms with Gasteiger partial charge in [-0.1, -0.05) is 49.2 Å². The number of hydrogen-bond acceptors (Lipinski definition) is 3. The van der Waals surface area contributed by atoms with Crippen molar-refractivity contribution in [3.8, 4) is 11.3 Å². The smallest absolute Gasteiger partial charge is 0.185 e. The molecule has 0 amide bonds. The number of ether oxygens (including phenoxy) is 2. The van der Waals surface area contributed by atoms with E-state index in [0.717, 1.165) is 18.4 Å². The SMILES string of the molecule is CCCC=CC1COC(c2ccc(-c3ccc(Cl)c(F)c3)nc2)OC1. The van der Waals surface area contributed by atoms with Crippen molar-refractivity contribution in [2.24, 2.45) is 5.92 Å². The van der Waals surface area contributed by atoms with Crippen molar-refractivity contribution >= 4 is 11.6 Å². The van der Waals surface area contributed by atoms with Crippen molar-refractivity contribution in [2.75, 3.05) is 13.2 Å². The second-order valence-electron chi connectivity index (χ2n) is 6.08. The summed E-state index contributed by atoms with van der Waals surface area (Å²) in [4.78, 5) is 4.39.